The van der Waals surface area contributed by atoms with E-state index in [-0.39, 0.29) is 5.56 Å². The van der Waals surface area contributed by atoms with Crippen LogP contribution < -0.4 is 5.56 Å². The fourth-order valence-electron chi connectivity index (χ4n) is 3.67. The topological polar surface area (TPSA) is 76.0 Å². The van der Waals surface area contributed by atoms with Crippen LogP contribution in [0.25, 0.3) is 27.8 Å². The van der Waals surface area contributed by atoms with Gasteiger partial charge >= 0.3 is 0 Å². The van der Waals surface area contributed by atoms with Crippen molar-refractivity contribution in [3.05, 3.63) is 94.3 Å². The maximum atomic E-state index is 12.6. The van der Waals surface area contributed by atoms with Gasteiger partial charge in [0.15, 0.2) is 5.16 Å². The van der Waals surface area contributed by atoms with Crippen LogP contribution in [0.1, 0.15) is 11.1 Å². The highest BCUT2D eigenvalue weighted by molar-refractivity contribution is 7.98. The molecule has 0 radical (unpaired) electrons. The highest BCUT2D eigenvalue weighted by Gasteiger charge is 2.15. The Labute approximate surface area is 182 Å². The molecule has 2 aromatic heterocycles. The van der Waals surface area contributed by atoms with Gasteiger partial charge in [0.1, 0.15) is 0 Å². The smallest absolute Gasteiger partial charge is 0.262 e. The Hall–Kier alpha value is -3.89. The first-order valence-electron chi connectivity index (χ1n) is 9.71. The molecule has 5 rings (SSSR count). The second-order valence-corrected chi connectivity index (χ2v) is 8.08. The van der Waals surface area contributed by atoms with E-state index in [9.17, 15) is 10.1 Å². The quantitative estimate of drug-likeness (QED) is 0.400. The van der Waals surface area contributed by atoms with Crippen molar-refractivity contribution in [2.45, 2.75) is 10.9 Å². The molecule has 2 heterocycles. The van der Waals surface area contributed by atoms with E-state index in [2.05, 4.69) is 28.4 Å². The molecule has 0 amide bonds. The number of nitriles is 1. The molecule has 7 heteroatoms. The molecular weight excluding hydrogens is 406 g/mol. The Kier molecular flexibility index (Phi) is 4.77. The van der Waals surface area contributed by atoms with Gasteiger partial charge in [0.2, 0.25) is 5.78 Å². The maximum absolute atomic E-state index is 12.6. The molecule has 0 saturated heterocycles. The van der Waals surface area contributed by atoms with Crippen LogP contribution in [0.3, 0.4) is 0 Å². The minimum atomic E-state index is -0.0831. The molecule has 0 saturated carbocycles. The third-order valence-electron chi connectivity index (χ3n) is 5.28. The first-order valence-corrected chi connectivity index (χ1v) is 10.7. The zero-order valence-corrected chi connectivity index (χ0v) is 17.5. The van der Waals surface area contributed by atoms with E-state index in [1.165, 1.54) is 4.57 Å². The zero-order chi connectivity index (χ0) is 21.4. The summed E-state index contributed by atoms with van der Waals surface area (Å²) < 4.78 is 3.46. The highest BCUT2D eigenvalue weighted by atomic mass is 32.2. The molecule has 0 unspecified atom stereocenters. The van der Waals surface area contributed by atoms with Gasteiger partial charge in [-0.15, -0.1) is 10.2 Å². The minimum absolute atomic E-state index is 0.0831. The van der Waals surface area contributed by atoms with E-state index < -0.39 is 0 Å². The lowest BCUT2D eigenvalue weighted by molar-refractivity contribution is 0.853. The summed E-state index contributed by atoms with van der Waals surface area (Å²) in [7, 11) is 1.71. The summed E-state index contributed by atoms with van der Waals surface area (Å²) in [6.45, 7) is 0. The van der Waals surface area contributed by atoms with Gasteiger partial charge in [0.05, 0.1) is 22.5 Å². The molecule has 150 valence electrons. The third-order valence-corrected chi connectivity index (χ3v) is 6.28. The van der Waals surface area contributed by atoms with Crippen LogP contribution in [0.2, 0.25) is 0 Å². The predicted octanol–water partition coefficient (Wildman–Crippen LogP) is 4.41. The Morgan fingerprint density at radius 3 is 2.52 bits per heavy atom. The van der Waals surface area contributed by atoms with Gasteiger partial charge in [0, 0.05) is 12.8 Å². The van der Waals surface area contributed by atoms with Crippen LogP contribution in [0, 0.1) is 11.3 Å². The molecule has 0 aliphatic carbocycles. The molecule has 0 aliphatic rings. The number of aryl methyl sites for hydroxylation is 1. The summed E-state index contributed by atoms with van der Waals surface area (Å²) >= 11 is 1.57. The SMILES string of the molecule is Cn1c(=O)c2ccccc2n2c(SCc3ccc(-c4ccccc4C#N)cc3)nnc12. The van der Waals surface area contributed by atoms with Crippen molar-refractivity contribution < 1.29 is 0 Å². The van der Waals surface area contributed by atoms with Gasteiger partial charge in [-0.3, -0.25) is 13.8 Å². The van der Waals surface area contributed by atoms with Crippen molar-refractivity contribution in [1.82, 2.24) is 19.2 Å². The molecule has 0 bridgehead atoms. The third kappa shape index (κ3) is 3.27. The van der Waals surface area contributed by atoms with Crippen molar-refractivity contribution >= 4 is 28.4 Å². The largest absolute Gasteiger partial charge is 0.279 e. The van der Waals surface area contributed by atoms with Gasteiger partial charge in [-0.1, -0.05) is 66.4 Å². The van der Waals surface area contributed by atoms with Crippen LogP contribution in [0.15, 0.2) is 82.7 Å². The lowest BCUT2D eigenvalue weighted by Crippen LogP contribution is -2.20. The van der Waals surface area contributed by atoms with Crippen molar-refractivity contribution in [2.24, 2.45) is 7.05 Å². The Balaban J connectivity index is 1.46. The molecule has 5 aromatic rings. The van der Waals surface area contributed by atoms with E-state index in [0.29, 0.717) is 22.5 Å². The lowest BCUT2D eigenvalue weighted by Gasteiger charge is -2.08. The summed E-state index contributed by atoms with van der Waals surface area (Å²) in [6.07, 6.45) is 0. The van der Waals surface area contributed by atoms with E-state index >= 15 is 0 Å². The van der Waals surface area contributed by atoms with Crippen molar-refractivity contribution in [1.29, 1.82) is 5.26 Å². The number of aromatic nitrogens is 4. The van der Waals surface area contributed by atoms with Crippen LogP contribution in [0.5, 0.6) is 0 Å². The number of rotatable bonds is 4. The molecule has 3 aromatic carbocycles. The normalized spacial score (nSPS) is 11.1. The number of para-hydroxylation sites is 1. The second kappa shape index (κ2) is 7.74. The number of fused-ring (bicyclic) bond motifs is 3. The van der Waals surface area contributed by atoms with Gasteiger partial charge < -0.3 is 0 Å². The number of nitrogens with zero attached hydrogens (tertiary/aromatic N) is 5. The van der Waals surface area contributed by atoms with Crippen LogP contribution in [-0.4, -0.2) is 19.2 Å². The predicted molar refractivity (Wildman–Crippen MR) is 122 cm³/mol. The lowest BCUT2D eigenvalue weighted by atomic mass is 10.00. The minimum Gasteiger partial charge on any atom is -0.279 e. The van der Waals surface area contributed by atoms with Crippen molar-refractivity contribution in [3.63, 3.8) is 0 Å². The summed E-state index contributed by atoms with van der Waals surface area (Å²) in [5.41, 5.74) is 4.46. The molecule has 0 spiro atoms. The van der Waals surface area contributed by atoms with Crippen LogP contribution in [0.4, 0.5) is 0 Å². The summed E-state index contributed by atoms with van der Waals surface area (Å²) in [5.74, 6) is 1.23. The van der Waals surface area contributed by atoms with E-state index in [1.54, 1.807) is 18.8 Å². The molecule has 6 nitrogen and oxygen atoms in total. The molecule has 31 heavy (non-hydrogen) atoms. The highest BCUT2D eigenvalue weighted by Crippen LogP contribution is 2.27. The molecule has 0 N–H and O–H groups in total. The maximum Gasteiger partial charge on any atom is 0.262 e. The zero-order valence-electron chi connectivity index (χ0n) is 16.7. The molecule has 0 aliphatic heterocycles. The number of thioether (sulfide) groups is 1. The van der Waals surface area contributed by atoms with E-state index in [4.69, 9.17) is 0 Å². The summed E-state index contributed by atoms with van der Waals surface area (Å²) in [5, 5.41) is 19.3. The van der Waals surface area contributed by atoms with Gasteiger partial charge in [-0.05, 0) is 34.9 Å². The number of benzene rings is 3. The number of hydrogen-bond donors (Lipinski definition) is 0. The van der Waals surface area contributed by atoms with Crippen molar-refractivity contribution in [3.8, 4) is 17.2 Å². The monoisotopic (exact) mass is 423 g/mol. The Morgan fingerprint density at radius 1 is 0.968 bits per heavy atom. The van der Waals surface area contributed by atoms with E-state index in [0.717, 1.165) is 27.4 Å². The summed E-state index contributed by atoms with van der Waals surface area (Å²) in [4.78, 5) is 12.6. The van der Waals surface area contributed by atoms with Gasteiger partial charge in [-0.2, -0.15) is 5.26 Å². The van der Waals surface area contributed by atoms with Crippen LogP contribution in [-0.2, 0) is 12.8 Å². The average Bonchev–Trinajstić information content (AvgIpc) is 3.26. The Bertz CT molecular complexity index is 1530. The van der Waals surface area contributed by atoms with Gasteiger partial charge in [-0.25, -0.2) is 0 Å². The first kappa shape index (κ1) is 19.1. The summed E-state index contributed by atoms with van der Waals surface area (Å²) in [6, 6.07) is 25.5. The van der Waals surface area contributed by atoms with Gasteiger partial charge in [0.25, 0.3) is 5.56 Å². The molecule has 0 atom stereocenters. The molecular formula is C24H17N5OS. The molecule has 0 fully saturated rings. The van der Waals surface area contributed by atoms with Crippen molar-refractivity contribution in [2.75, 3.05) is 0 Å². The average molecular weight is 424 g/mol. The first-order chi connectivity index (χ1) is 15.2. The second-order valence-electron chi connectivity index (χ2n) is 7.14. The fourth-order valence-corrected chi connectivity index (χ4v) is 4.56. The van der Waals surface area contributed by atoms with Crippen LogP contribution >= 0.6 is 11.8 Å². The number of hydrogen-bond acceptors (Lipinski definition) is 5. The van der Waals surface area contributed by atoms with E-state index in [1.807, 2.05) is 65.1 Å². The standard InChI is InChI=1S/C24H17N5OS/c1-28-22(30)20-8-4-5-9-21(20)29-23(28)26-27-24(29)31-15-16-10-12-17(13-11-16)19-7-3-2-6-18(19)14-25/h2-13H,15H2,1H3. The Morgan fingerprint density at radius 2 is 1.71 bits per heavy atom. The fraction of sp³-hybridized carbons (Fsp3) is 0.0833.